The summed E-state index contributed by atoms with van der Waals surface area (Å²) in [5, 5.41) is 7.33. The van der Waals surface area contributed by atoms with Crippen LogP contribution >= 0.6 is 0 Å². The van der Waals surface area contributed by atoms with Crippen molar-refractivity contribution in [1.29, 1.82) is 0 Å². The van der Waals surface area contributed by atoms with Crippen LogP contribution in [0.5, 0.6) is 0 Å². The average molecular weight is 510 g/mol. The number of H-pyrrole nitrogens is 1. The molecule has 3 aliphatic heterocycles. The fraction of sp³-hybridized carbons (Fsp3) is 0.789. The lowest BCUT2D eigenvalue weighted by Gasteiger charge is -2.37. The third kappa shape index (κ3) is 5.39. The van der Waals surface area contributed by atoms with Gasteiger partial charge in [-0.15, -0.1) is 0 Å². The van der Waals surface area contributed by atoms with Gasteiger partial charge < -0.3 is 33.2 Å². The van der Waals surface area contributed by atoms with Gasteiger partial charge in [0.1, 0.15) is 31.1 Å². The summed E-state index contributed by atoms with van der Waals surface area (Å²) in [7, 11) is 1.38. The van der Waals surface area contributed by atoms with E-state index in [2.05, 4.69) is 25.0 Å². The van der Waals surface area contributed by atoms with E-state index in [1.807, 2.05) is 0 Å². The highest BCUT2D eigenvalue weighted by Gasteiger charge is 2.56. The van der Waals surface area contributed by atoms with Crippen molar-refractivity contribution in [3.05, 3.63) is 54.0 Å². The minimum Gasteiger partial charge on any atom is -0.355 e. The van der Waals surface area contributed by atoms with E-state index in [0.29, 0.717) is 0 Å². The molecule has 0 radical (unpaired) electrons. The molecule has 0 unspecified atom stereocenters. The van der Waals surface area contributed by atoms with Gasteiger partial charge in [0.15, 0.2) is 18.3 Å². The number of ether oxygens (including phenoxy) is 7. The molecule has 3 saturated heterocycles. The first-order valence-corrected chi connectivity index (χ1v) is 11.0. The maximum Gasteiger partial charge on any atom is 0.330 e. The van der Waals surface area contributed by atoms with Crippen LogP contribution in [-0.2, 0) is 33.2 Å². The van der Waals surface area contributed by atoms with Gasteiger partial charge in [-0.2, -0.15) is 0 Å². The van der Waals surface area contributed by atoms with Crippen molar-refractivity contribution in [2.75, 3.05) is 27.1 Å². The van der Waals surface area contributed by atoms with Gasteiger partial charge in [-0.3, -0.25) is 14.3 Å². The maximum atomic E-state index is 12.3. The quantitative estimate of drug-likeness (QED) is 0.162. The van der Waals surface area contributed by atoms with Gasteiger partial charge in [0, 0.05) is 29.2 Å². The molecule has 17 nitrogen and oxygen atoms in total. The van der Waals surface area contributed by atoms with Crippen LogP contribution in [0, 0.1) is 0 Å². The van der Waals surface area contributed by atoms with E-state index < -0.39 is 66.1 Å². The molecule has 36 heavy (non-hydrogen) atoms. The van der Waals surface area contributed by atoms with Crippen LogP contribution in [0.3, 0.4) is 0 Å². The number of azide groups is 2. The Morgan fingerprint density at radius 2 is 1.97 bits per heavy atom. The van der Waals surface area contributed by atoms with Crippen LogP contribution in [0.15, 0.2) is 32.1 Å². The van der Waals surface area contributed by atoms with Gasteiger partial charge in [0.25, 0.3) is 5.56 Å². The van der Waals surface area contributed by atoms with Crippen LogP contribution in [0.25, 0.3) is 20.9 Å². The molecule has 8 atom stereocenters. The summed E-state index contributed by atoms with van der Waals surface area (Å²) in [5.41, 5.74) is 16.6. The van der Waals surface area contributed by atoms with Gasteiger partial charge in [-0.25, -0.2) is 4.79 Å². The molecule has 17 heteroatoms. The van der Waals surface area contributed by atoms with Gasteiger partial charge in [-0.1, -0.05) is 10.2 Å². The van der Waals surface area contributed by atoms with Gasteiger partial charge in [0.05, 0.1) is 25.4 Å². The minimum absolute atomic E-state index is 0.00394. The highest BCUT2D eigenvalue weighted by molar-refractivity contribution is 4.99. The summed E-state index contributed by atoms with van der Waals surface area (Å²) in [6.45, 7) is 3.19. The largest absolute Gasteiger partial charge is 0.355 e. The molecule has 0 saturated carbocycles. The van der Waals surface area contributed by atoms with E-state index in [4.69, 9.17) is 44.2 Å². The van der Waals surface area contributed by atoms with Crippen LogP contribution in [-0.4, -0.2) is 85.2 Å². The summed E-state index contributed by atoms with van der Waals surface area (Å²) in [6, 6.07) is -0.500. The van der Waals surface area contributed by atoms with Crippen LogP contribution in [0.4, 0.5) is 0 Å². The highest BCUT2D eigenvalue weighted by atomic mass is 16.8. The Labute approximate surface area is 203 Å². The predicted octanol–water partition coefficient (Wildman–Crippen LogP) is 0.674. The summed E-state index contributed by atoms with van der Waals surface area (Å²) in [5.74, 6) is -0.930. The molecule has 0 aromatic carbocycles. The molecule has 0 spiro atoms. The van der Waals surface area contributed by atoms with Crippen LogP contribution in [0.1, 0.15) is 20.1 Å². The van der Waals surface area contributed by atoms with Gasteiger partial charge in [-0.05, 0) is 24.9 Å². The molecule has 0 aliphatic carbocycles. The van der Waals surface area contributed by atoms with Crippen LogP contribution in [0.2, 0.25) is 0 Å². The predicted molar refractivity (Wildman–Crippen MR) is 117 cm³/mol. The fourth-order valence-corrected chi connectivity index (χ4v) is 4.47. The first kappa shape index (κ1) is 26.1. The van der Waals surface area contributed by atoms with Gasteiger partial charge in [0.2, 0.25) is 0 Å². The number of methoxy groups -OCH3 is 1. The maximum absolute atomic E-state index is 12.3. The van der Waals surface area contributed by atoms with E-state index in [-0.39, 0.29) is 20.0 Å². The van der Waals surface area contributed by atoms with E-state index in [9.17, 15) is 9.59 Å². The number of nitrogens with one attached hydrogen (secondary N) is 1. The van der Waals surface area contributed by atoms with Gasteiger partial charge >= 0.3 is 5.69 Å². The fourth-order valence-electron chi connectivity index (χ4n) is 4.47. The van der Waals surface area contributed by atoms with E-state index in [1.54, 1.807) is 13.8 Å². The van der Waals surface area contributed by atoms with Crippen molar-refractivity contribution in [2.24, 2.45) is 10.2 Å². The van der Waals surface area contributed by atoms with E-state index in [1.165, 1.54) is 23.9 Å². The number of aromatic nitrogens is 2. The number of fused-ring (bicyclic) bond motifs is 1. The number of rotatable bonds is 9. The standard InChI is InChI=1S/C19H26N8O9/c1-19(2)35-14-10(34-16(15(14)36-19)27-5-4-11(28)22-18(27)29)7-31-8-33-13-9(23-25-20)6-32-17(30-3)12(13)24-26-21/h4-5,9-10,12-17H,6-8H2,1-3H3,(H,22,28,29)/t9-,10-,12-,13+,14-,15-,16-,17-/m1/s1. The molecule has 1 aromatic rings. The van der Waals surface area contributed by atoms with E-state index in [0.717, 1.165) is 0 Å². The highest BCUT2D eigenvalue weighted by Crippen LogP contribution is 2.42. The lowest BCUT2D eigenvalue weighted by Crippen LogP contribution is -2.53. The zero-order valence-corrected chi connectivity index (χ0v) is 19.7. The summed E-state index contributed by atoms with van der Waals surface area (Å²) >= 11 is 0. The number of hydrogen-bond acceptors (Lipinski definition) is 11. The third-order valence-corrected chi connectivity index (χ3v) is 5.92. The summed E-state index contributed by atoms with van der Waals surface area (Å²) in [6.07, 6.45) is -3.16. The second-order valence-corrected chi connectivity index (χ2v) is 8.67. The zero-order valence-electron chi connectivity index (χ0n) is 19.7. The average Bonchev–Trinajstić information content (AvgIpc) is 3.31. The third-order valence-electron chi connectivity index (χ3n) is 5.92. The molecule has 0 bridgehead atoms. The van der Waals surface area contributed by atoms with Crippen molar-refractivity contribution in [2.45, 2.75) is 68.7 Å². The molecule has 3 fully saturated rings. The Hall–Kier alpha value is -2.98. The smallest absolute Gasteiger partial charge is 0.330 e. The molecule has 4 rings (SSSR count). The van der Waals surface area contributed by atoms with Crippen LogP contribution < -0.4 is 11.2 Å². The van der Waals surface area contributed by atoms with E-state index >= 15 is 0 Å². The molecule has 1 aromatic heterocycles. The number of hydrogen-bond donors (Lipinski definition) is 1. The van der Waals surface area contributed by atoms with Crippen molar-refractivity contribution in [3.63, 3.8) is 0 Å². The Bertz CT molecular complexity index is 1140. The minimum atomic E-state index is -0.930. The SMILES string of the molecule is CO[C@@H]1OC[C@@H](N=[N+]=[N-])[C@H](OCOC[C@H]2O[C@@H](n3ccc(=O)[nH]c3=O)[C@@H]3OC(C)(C)O[C@@H]32)[C@H]1N=[N+]=[N-]. The number of aromatic amines is 1. The summed E-state index contributed by atoms with van der Waals surface area (Å²) < 4.78 is 41.2. The Balaban J connectivity index is 1.43. The van der Waals surface area contributed by atoms with Crippen molar-refractivity contribution >= 4 is 0 Å². The first-order valence-electron chi connectivity index (χ1n) is 11.0. The molecular formula is C19H26N8O9. The lowest BCUT2D eigenvalue weighted by atomic mass is 10.0. The molecule has 196 valence electrons. The van der Waals surface area contributed by atoms with Crippen molar-refractivity contribution in [1.82, 2.24) is 9.55 Å². The lowest BCUT2D eigenvalue weighted by molar-refractivity contribution is -0.223. The molecule has 1 N–H and O–H groups in total. The first-order chi connectivity index (χ1) is 17.3. The second-order valence-electron chi connectivity index (χ2n) is 8.67. The topological polar surface area (TPSA) is 217 Å². The Morgan fingerprint density at radius 3 is 2.67 bits per heavy atom. The Morgan fingerprint density at radius 1 is 1.22 bits per heavy atom. The molecule has 0 amide bonds. The van der Waals surface area contributed by atoms with Crippen molar-refractivity contribution < 1.29 is 33.2 Å². The molecular weight excluding hydrogens is 484 g/mol. The monoisotopic (exact) mass is 510 g/mol. The summed E-state index contributed by atoms with van der Waals surface area (Å²) in [4.78, 5) is 31.6. The Kier molecular flexibility index (Phi) is 7.94. The second kappa shape index (κ2) is 11.0. The normalized spacial score (nSPS) is 35.0. The van der Waals surface area contributed by atoms with Crippen molar-refractivity contribution in [3.8, 4) is 0 Å². The molecule has 3 aliphatic rings. The molecule has 4 heterocycles. The number of nitrogens with zero attached hydrogens (tertiary/aromatic N) is 7. The zero-order chi connectivity index (χ0) is 25.9.